The number of aromatic nitrogens is 2. The first kappa shape index (κ1) is 18.9. The van der Waals surface area contributed by atoms with E-state index in [1.54, 1.807) is 12.1 Å². The van der Waals surface area contributed by atoms with Gasteiger partial charge in [-0.1, -0.05) is 0 Å². The van der Waals surface area contributed by atoms with Crippen molar-refractivity contribution >= 4 is 23.4 Å². The Labute approximate surface area is 150 Å². The van der Waals surface area contributed by atoms with Crippen LogP contribution < -0.4 is 5.32 Å². The van der Waals surface area contributed by atoms with E-state index in [9.17, 15) is 14.9 Å². The van der Waals surface area contributed by atoms with E-state index in [2.05, 4.69) is 15.3 Å². The van der Waals surface area contributed by atoms with Gasteiger partial charge in [-0.2, -0.15) is 0 Å². The molecule has 1 aromatic carbocycles. The van der Waals surface area contributed by atoms with Crippen molar-refractivity contribution in [2.45, 2.75) is 50.2 Å². The molecule has 7 nitrogen and oxygen atoms in total. The van der Waals surface area contributed by atoms with Crippen LogP contribution >= 0.6 is 11.8 Å². The molecule has 1 aromatic heterocycles. The molecule has 2 aromatic rings. The van der Waals surface area contributed by atoms with Crippen molar-refractivity contribution in [1.82, 2.24) is 15.3 Å². The second kappa shape index (κ2) is 7.18. The average molecular weight is 360 g/mol. The fraction of sp³-hybridized carbons (Fsp3) is 0.353. The summed E-state index contributed by atoms with van der Waals surface area (Å²) in [6, 6.07) is 6.24. The number of rotatable bonds is 4. The van der Waals surface area contributed by atoms with Crippen LogP contribution in [0.2, 0.25) is 0 Å². The molecule has 132 valence electrons. The molecule has 0 saturated carbocycles. The highest BCUT2D eigenvalue weighted by atomic mass is 32.2. The monoisotopic (exact) mass is 360 g/mol. The molecule has 1 heterocycles. The van der Waals surface area contributed by atoms with Crippen molar-refractivity contribution in [3.05, 3.63) is 51.3 Å². The molecule has 0 unspecified atom stereocenters. The highest BCUT2D eigenvalue weighted by Crippen LogP contribution is 2.34. The van der Waals surface area contributed by atoms with Crippen molar-refractivity contribution < 1.29 is 9.72 Å². The van der Waals surface area contributed by atoms with Crippen LogP contribution in [0, 0.1) is 24.0 Å². The molecule has 0 aliphatic carbocycles. The van der Waals surface area contributed by atoms with Gasteiger partial charge in [0.2, 0.25) is 0 Å². The smallest absolute Gasteiger partial charge is 0.284 e. The maximum atomic E-state index is 12.2. The Balaban J connectivity index is 2.36. The zero-order valence-corrected chi connectivity index (χ0v) is 15.6. The van der Waals surface area contributed by atoms with Crippen molar-refractivity contribution in [2.75, 3.05) is 0 Å². The van der Waals surface area contributed by atoms with E-state index in [0.29, 0.717) is 10.1 Å². The summed E-state index contributed by atoms with van der Waals surface area (Å²) in [5, 5.41) is 14.7. The number of nitro groups is 1. The summed E-state index contributed by atoms with van der Waals surface area (Å²) in [5.41, 5.74) is 1.26. The molecule has 1 N–H and O–H groups in total. The topological polar surface area (TPSA) is 98.0 Å². The number of benzene rings is 1. The summed E-state index contributed by atoms with van der Waals surface area (Å²) >= 11 is 1.11. The van der Waals surface area contributed by atoms with Crippen LogP contribution in [0.15, 0.2) is 34.3 Å². The molecule has 1 amide bonds. The third kappa shape index (κ3) is 5.25. The van der Waals surface area contributed by atoms with E-state index >= 15 is 0 Å². The second-order valence-electron chi connectivity index (χ2n) is 6.68. The molecular weight excluding hydrogens is 340 g/mol. The van der Waals surface area contributed by atoms with Crippen molar-refractivity contribution in [1.29, 1.82) is 0 Å². The molecule has 25 heavy (non-hydrogen) atoms. The number of nitro benzene ring substituents is 1. The van der Waals surface area contributed by atoms with E-state index in [1.807, 2.05) is 40.7 Å². The van der Waals surface area contributed by atoms with Gasteiger partial charge in [0.1, 0.15) is 0 Å². The van der Waals surface area contributed by atoms with Crippen LogP contribution in [-0.2, 0) is 0 Å². The van der Waals surface area contributed by atoms with Crippen molar-refractivity contribution in [3.63, 3.8) is 0 Å². The summed E-state index contributed by atoms with van der Waals surface area (Å²) in [6.45, 7) is 9.23. The van der Waals surface area contributed by atoms with Crippen molar-refractivity contribution in [3.8, 4) is 0 Å². The normalized spacial score (nSPS) is 11.2. The van der Waals surface area contributed by atoms with E-state index in [0.717, 1.165) is 23.1 Å². The lowest BCUT2D eigenvalue weighted by Gasteiger charge is -2.20. The van der Waals surface area contributed by atoms with E-state index < -0.39 is 10.5 Å². The fourth-order valence-electron chi connectivity index (χ4n) is 2.14. The molecular formula is C17H20N4O3S. The number of aryl methyl sites for hydroxylation is 2. The lowest BCUT2D eigenvalue weighted by molar-refractivity contribution is -0.387. The van der Waals surface area contributed by atoms with Gasteiger partial charge in [0.05, 0.1) is 9.82 Å². The van der Waals surface area contributed by atoms with Gasteiger partial charge in [0, 0.05) is 28.6 Å². The Kier molecular flexibility index (Phi) is 5.42. The largest absolute Gasteiger partial charge is 0.347 e. The quantitative estimate of drug-likeness (QED) is 0.507. The minimum Gasteiger partial charge on any atom is -0.347 e. The van der Waals surface area contributed by atoms with Gasteiger partial charge in [0.25, 0.3) is 11.6 Å². The maximum Gasteiger partial charge on any atom is 0.284 e. The Morgan fingerprint density at radius 2 is 1.76 bits per heavy atom. The summed E-state index contributed by atoms with van der Waals surface area (Å²) < 4.78 is 0. The second-order valence-corrected chi connectivity index (χ2v) is 7.69. The van der Waals surface area contributed by atoms with E-state index in [1.165, 1.54) is 6.07 Å². The molecule has 0 aliphatic rings. The molecule has 0 radical (unpaired) electrons. The molecule has 0 fully saturated rings. The first-order chi connectivity index (χ1) is 11.5. The van der Waals surface area contributed by atoms with Gasteiger partial charge in [-0.05, 0) is 64.6 Å². The standard InChI is InChI=1S/C17H20N4O3S/c1-10-8-11(2)19-16(18-10)25-14-7-6-12(9-13(14)21(23)24)15(22)20-17(3,4)5/h6-9H,1-5H3,(H,20,22). The Bertz CT molecular complexity index is 811. The summed E-state index contributed by atoms with van der Waals surface area (Å²) in [7, 11) is 0. The first-order valence-electron chi connectivity index (χ1n) is 7.66. The predicted molar refractivity (Wildman–Crippen MR) is 95.9 cm³/mol. The molecule has 8 heteroatoms. The minimum atomic E-state index is -0.501. The summed E-state index contributed by atoms with van der Waals surface area (Å²) in [6.07, 6.45) is 0. The Morgan fingerprint density at radius 3 is 2.28 bits per heavy atom. The molecule has 0 spiro atoms. The summed E-state index contributed by atoms with van der Waals surface area (Å²) in [4.78, 5) is 32.1. The highest BCUT2D eigenvalue weighted by Gasteiger charge is 2.21. The Morgan fingerprint density at radius 1 is 1.16 bits per heavy atom. The third-order valence-corrected chi connectivity index (χ3v) is 4.00. The van der Waals surface area contributed by atoms with Gasteiger partial charge in [-0.25, -0.2) is 9.97 Å². The van der Waals surface area contributed by atoms with E-state index in [4.69, 9.17) is 0 Å². The van der Waals surface area contributed by atoms with Crippen LogP contribution in [0.25, 0.3) is 0 Å². The van der Waals surface area contributed by atoms with Crippen LogP contribution in [0.1, 0.15) is 42.5 Å². The third-order valence-electron chi connectivity index (χ3n) is 3.07. The Hall–Kier alpha value is -2.48. The SMILES string of the molecule is Cc1cc(C)nc(Sc2ccc(C(=O)NC(C)(C)C)cc2[N+](=O)[O-])n1. The lowest BCUT2D eigenvalue weighted by atomic mass is 10.1. The molecule has 0 bridgehead atoms. The van der Waals surface area contributed by atoms with Gasteiger partial charge in [0.15, 0.2) is 5.16 Å². The predicted octanol–water partition coefficient (Wildman–Crippen LogP) is 3.68. The molecule has 0 atom stereocenters. The molecule has 0 saturated heterocycles. The number of nitrogens with zero attached hydrogens (tertiary/aromatic N) is 3. The minimum absolute atomic E-state index is 0.144. The fourth-order valence-corrected chi connectivity index (χ4v) is 3.09. The number of nitrogens with one attached hydrogen (secondary N) is 1. The number of carbonyl (C=O) groups is 1. The number of hydrogen-bond donors (Lipinski definition) is 1. The van der Waals surface area contributed by atoms with Gasteiger partial charge in [-0.15, -0.1) is 0 Å². The summed E-state index contributed by atoms with van der Waals surface area (Å²) in [5.74, 6) is -0.352. The highest BCUT2D eigenvalue weighted by molar-refractivity contribution is 7.99. The zero-order chi connectivity index (χ0) is 18.8. The zero-order valence-electron chi connectivity index (χ0n) is 14.8. The average Bonchev–Trinajstić information content (AvgIpc) is 2.44. The van der Waals surface area contributed by atoms with Gasteiger partial charge >= 0.3 is 0 Å². The maximum absolute atomic E-state index is 12.2. The van der Waals surface area contributed by atoms with E-state index in [-0.39, 0.29) is 17.2 Å². The number of carbonyl (C=O) groups excluding carboxylic acids is 1. The molecule has 0 aliphatic heterocycles. The number of hydrogen-bond acceptors (Lipinski definition) is 6. The van der Waals surface area contributed by atoms with Crippen LogP contribution in [-0.4, -0.2) is 26.3 Å². The molecule has 2 rings (SSSR count). The van der Waals surface area contributed by atoms with Crippen LogP contribution in [0.4, 0.5) is 5.69 Å². The lowest BCUT2D eigenvalue weighted by Crippen LogP contribution is -2.40. The first-order valence-corrected chi connectivity index (χ1v) is 8.48. The van der Waals surface area contributed by atoms with Crippen molar-refractivity contribution in [2.24, 2.45) is 0 Å². The van der Waals surface area contributed by atoms with Gasteiger partial charge in [-0.3, -0.25) is 14.9 Å². The van der Waals surface area contributed by atoms with Crippen LogP contribution in [0.5, 0.6) is 0 Å². The van der Waals surface area contributed by atoms with Gasteiger partial charge < -0.3 is 5.32 Å². The van der Waals surface area contributed by atoms with Crippen LogP contribution in [0.3, 0.4) is 0 Å². The number of amides is 1.